The standard InChI is InChI=1S/C21H21FN5O5/c1-20(2,3)31-19(29)27(12-4-5-13(14(22)8-12)21(10-23)6-7-21)11-26-9-15(30-18(26)28)16-24-17(27)32-25-16/h4-5,8,15H,6-7,9,11H2,1-3H3/q+1/t15?,27-/m1/s1. The zero-order valence-corrected chi connectivity index (χ0v) is 17.8. The van der Waals surface area contributed by atoms with Gasteiger partial charge in [0.2, 0.25) is 5.82 Å². The zero-order chi connectivity index (χ0) is 22.9. The van der Waals surface area contributed by atoms with Crippen molar-refractivity contribution in [3.05, 3.63) is 35.4 Å². The number of halogens is 1. The number of rotatable bonds is 2. The molecule has 3 heterocycles. The molecule has 3 aliphatic rings. The molecule has 1 saturated carbocycles. The fourth-order valence-electron chi connectivity index (χ4n) is 4.06. The van der Waals surface area contributed by atoms with Crippen LogP contribution in [-0.2, 0) is 14.9 Å². The highest BCUT2D eigenvalue weighted by Gasteiger charge is 2.57. The molecule has 0 spiro atoms. The van der Waals surface area contributed by atoms with E-state index in [1.165, 1.54) is 23.1 Å². The third-order valence-corrected chi connectivity index (χ3v) is 5.89. The van der Waals surface area contributed by atoms with Gasteiger partial charge in [-0.3, -0.25) is 9.42 Å². The van der Waals surface area contributed by atoms with Gasteiger partial charge in [0.1, 0.15) is 11.4 Å². The van der Waals surface area contributed by atoms with Crippen molar-refractivity contribution in [3.8, 4) is 6.07 Å². The molecule has 0 N–H and O–H groups in total. The van der Waals surface area contributed by atoms with Crippen molar-refractivity contribution in [2.45, 2.75) is 50.7 Å². The van der Waals surface area contributed by atoms with E-state index in [4.69, 9.17) is 14.0 Å². The Morgan fingerprint density at radius 1 is 1.41 bits per heavy atom. The van der Waals surface area contributed by atoms with Crippen LogP contribution in [-0.4, -0.2) is 46.0 Å². The molecule has 5 rings (SSSR count). The van der Waals surface area contributed by atoms with Gasteiger partial charge in [-0.05, 0) is 39.7 Å². The molecular weight excluding hydrogens is 421 g/mol. The van der Waals surface area contributed by atoms with Crippen LogP contribution in [0.4, 0.5) is 25.7 Å². The minimum atomic E-state index is -0.890. The Morgan fingerprint density at radius 3 is 2.78 bits per heavy atom. The smallest absolute Gasteiger partial charge is 0.436 e. The molecule has 2 atom stereocenters. The number of ether oxygens (including phenoxy) is 2. The van der Waals surface area contributed by atoms with Gasteiger partial charge in [0.05, 0.1) is 18.0 Å². The lowest BCUT2D eigenvalue weighted by atomic mass is 9.96. The second-order valence-corrected chi connectivity index (χ2v) is 9.32. The highest BCUT2D eigenvalue weighted by Crippen LogP contribution is 2.50. The van der Waals surface area contributed by atoms with Crippen molar-refractivity contribution in [2.75, 3.05) is 13.2 Å². The molecule has 0 radical (unpaired) electrons. The van der Waals surface area contributed by atoms with Crippen LogP contribution in [0.1, 0.15) is 51.1 Å². The van der Waals surface area contributed by atoms with Crippen LogP contribution < -0.4 is 4.48 Å². The lowest BCUT2D eigenvalue weighted by molar-refractivity contribution is 0.0254. The number of fused-ring (bicyclic) bond motifs is 5. The highest BCUT2D eigenvalue weighted by molar-refractivity contribution is 5.89. The molecule has 10 nitrogen and oxygen atoms in total. The number of aromatic nitrogens is 2. The average Bonchev–Trinajstić information content (AvgIpc) is 3.15. The molecule has 2 aliphatic heterocycles. The molecule has 2 fully saturated rings. The molecule has 4 bridgehead atoms. The first-order valence-electron chi connectivity index (χ1n) is 10.2. The molecule has 1 saturated heterocycles. The summed E-state index contributed by atoms with van der Waals surface area (Å²) in [5.41, 5.74) is -1.34. The van der Waals surface area contributed by atoms with Gasteiger partial charge in [-0.1, -0.05) is 9.64 Å². The molecule has 2 amide bonds. The van der Waals surface area contributed by atoms with Crippen LogP contribution in [0.5, 0.6) is 0 Å². The van der Waals surface area contributed by atoms with Gasteiger partial charge in [-0.25, -0.2) is 9.18 Å². The first-order valence-corrected chi connectivity index (χ1v) is 10.2. The van der Waals surface area contributed by atoms with Crippen molar-refractivity contribution in [3.63, 3.8) is 0 Å². The van der Waals surface area contributed by atoms with E-state index < -0.39 is 39.6 Å². The quantitative estimate of drug-likeness (QED) is 0.645. The fraction of sp³-hybridized carbons (Fsp3) is 0.476. The van der Waals surface area contributed by atoms with Gasteiger partial charge in [-0.2, -0.15) is 10.1 Å². The summed E-state index contributed by atoms with van der Waals surface area (Å²) in [6, 6.07) is 6.19. The van der Waals surface area contributed by atoms with Gasteiger partial charge in [0.15, 0.2) is 18.5 Å². The van der Waals surface area contributed by atoms with Gasteiger partial charge in [0.25, 0.3) is 0 Å². The lowest BCUT2D eigenvalue weighted by Gasteiger charge is -2.34. The van der Waals surface area contributed by atoms with E-state index in [0.29, 0.717) is 12.8 Å². The van der Waals surface area contributed by atoms with Crippen molar-refractivity contribution in [1.82, 2.24) is 19.5 Å². The largest absolute Gasteiger partial charge is 0.532 e. The normalized spacial score (nSPS) is 25.4. The van der Waals surface area contributed by atoms with Gasteiger partial charge in [-0.15, -0.1) is 4.98 Å². The van der Waals surface area contributed by atoms with Gasteiger partial charge < -0.3 is 9.47 Å². The molecule has 11 heteroatoms. The number of benzene rings is 1. The third kappa shape index (κ3) is 2.94. The number of carbonyl (C=O) groups excluding carboxylic acids is 2. The van der Waals surface area contributed by atoms with Crippen LogP contribution in [0, 0.1) is 17.1 Å². The fourth-order valence-corrected chi connectivity index (χ4v) is 4.06. The third-order valence-electron chi connectivity index (χ3n) is 5.89. The van der Waals surface area contributed by atoms with Crippen molar-refractivity contribution in [1.29, 1.82) is 5.26 Å². The Kier molecular flexibility index (Phi) is 4.14. The molecule has 32 heavy (non-hydrogen) atoms. The SMILES string of the molecule is CC(C)(C)OC(=O)[N@@+]1(c2ccc(C3(C#N)CC3)c(F)c2)CN2CC(OC2=O)c2noc1n2. The number of nitrogens with zero attached hydrogens (tertiary/aromatic N) is 5. The molecule has 1 unspecified atom stereocenters. The summed E-state index contributed by atoms with van der Waals surface area (Å²) in [4.78, 5) is 31.7. The molecule has 2 aromatic rings. The van der Waals surface area contributed by atoms with E-state index in [-0.39, 0.29) is 36.3 Å². The van der Waals surface area contributed by atoms with Crippen LogP contribution in [0.2, 0.25) is 0 Å². The van der Waals surface area contributed by atoms with E-state index in [1.807, 2.05) is 0 Å². The first kappa shape index (κ1) is 20.4. The number of amides is 2. The predicted octanol–water partition coefficient (Wildman–Crippen LogP) is 3.80. The maximum atomic E-state index is 15.3. The molecule has 166 valence electrons. The second-order valence-electron chi connectivity index (χ2n) is 9.32. The Bertz CT molecular complexity index is 1180. The second kappa shape index (κ2) is 6.49. The topological polar surface area (TPSA) is 119 Å². The van der Waals surface area contributed by atoms with Gasteiger partial charge in [0, 0.05) is 17.7 Å². The summed E-state index contributed by atoms with van der Waals surface area (Å²) in [6.45, 7) is 4.90. The van der Waals surface area contributed by atoms with Crippen LogP contribution in [0.15, 0.2) is 22.7 Å². The molecular formula is C21H21FN5O5+. The molecule has 1 aliphatic carbocycles. The number of quaternary nitrogens is 1. The van der Waals surface area contributed by atoms with E-state index in [1.54, 1.807) is 20.8 Å². The summed E-state index contributed by atoms with van der Waals surface area (Å²) in [7, 11) is 0. The number of carbonyl (C=O) groups is 2. The summed E-state index contributed by atoms with van der Waals surface area (Å²) in [5.74, 6) is -0.522. The molecule has 1 aromatic heterocycles. The maximum absolute atomic E-state index is 15.3. The van der Waals surface area contributed by atoms with Crippen LogP contribution in [0.3, 0.4) is 0 Å². The van der Waals surface area contributed by atoms with Crippen LogP contribution >= 0.6 is 0 Å². The Hall–Kier alpha value is -3.52. The minimum absolute atomic E-state index is 0.110. The van der Waals surface area contributed by atoms with Crippen LogP contribution in [0.25, 0.3) is 0 Å². The maximum Gasteiger partial charge on any atom is 0.532 e. The zero-order valence-electron chi connectivity index (χ0n) is 17.8. The summed E-state index contributed by atoms with van der Waals surface area (Å²) in [5, 5.41) is 13.3. The van der Waals surface area contributed by atoms with E-state index in [0.717, 1.165) is 0 Å². The van der Waals surface area contributed by atoms with Crippen molar-refractivity contribution >= 4 is 23.9 Å². The lowest BCUT2D eigenvalue weighted by Crippen LogP contribution is -2.58. The summed E-state index contributed by atoms with van der Waals surface area (Å²) in [6.07, 6.45) is -1.05. The highest BCUT2D eigenvalue weighted by atomic mass is 19.1. The summed E-state index contributed by atoms with van der Waals surface area (Å²) < 4.78 is 30.8. The Morgan fingerprint density at radius 2 is 2.16 bits per heavy atom. The first-order chi connectivity index (χ1) is 15.1. The Balaban J connectivity index is 1.70. The average molecular weight is 442 g/mol. The summed E-state index contributed by atoms with van der Waals surface area (Å²) >= 11 is 0. The van der Waals surface area contributed by atoms with Crippen molar-refractivity contribution in [2.24, 2.45) is 0 Å². The van der Waals surface area contributed by atoms with Gasteiger partial charge >= 0.3 is 18.2 Å². The number of nitriles is 1. The van der Waals surface area contributed by atoms with E-state index >= 15 is 4.39 Å². The number of hydrogen-bond donors (Lipinski definition) is 0. The number of hydrogen-bond acceptors (Lipinski definition) is 8. The monoisotopic (exact) mass is 442 g/mol. The predicted molar refractivity (Wildman–Crippen MR) is 106 cm³/mol. The molecule has 1 aromatic carbocycles. The van der Waals surface area contributed by atoms with Crippen molar-refractivity contribution < 1.29 is 28.0 Å². The van der Waals surface area contributed by atoms with E-state index in [9.17, 15) is 14.9 Å². The Labute approximate surface area is 182 Å². The van der Waals surface area contributed by atoms with E-state index in [2.05, 4.69) is 16.2 Å². The minimum Gasteiger partial charge on any atom is -0.436 e.